The molecule has 292 valence electrons. The molecule has 10 nitrogen and oxygen atoms in total. The van der Waals surface area contributed by atoms with Crippen LogP contribution in [0.5, 0.6) is 0 Å². The van der Waals surface area contributed by atoms with Gasteiger partial charge in [0.15, 0.2) is 0 Å². The molecule has 5 aliphatic carbocycles. The lowest BCUT2D eigenvalue weighted by Gasteiger charge is -2.71. The summed E-state index contributed by atoms with van der Waals surface area (Å²) in [6.45, 7) is 19.9. The molecule has 5 aliphatic rings. The van der Waals surface area contributed by atoms with E-state index in [9.17, 15) is 39.3 Å². The van der Waals surface area contributed by atoms with Crippen LogP contribution in [0.3, 0.4) is 0 Å². The predicted molar refractivity (Wildman–Crippen MR) is 194 cm³/mol. The second kappa shape index (κ2) is 12.9. The van der Waals surface area contributed by atoms with E-state index in [1.807, 2.05) is 6.92 Å². The van der Waals surface area contributed by atoms with Gasteiger partial charge in [-0.3, -0.25) is 24.0 Å². The van der Waals surface area contributed by atoms with Crippen molar-refractivity contribution >= 4 is 29.8 Å². The monoisotopic (exact) mass is 728 g/mol. The quantitative estimate of drug-likeness (QED) is 0.147. The van der Waals surface area contributed by atoms with Gasteiger partial charge >= 0.3 is 29.8 Å². The molecule has 0 aromatic rings. The molecule has 1 unspecified atom stereocenters. The van der Waals surface area contributed by atoms with Gasteiger partial charge in [-0.15, -0.1) is 0 Å². The Hall–Kier alpha value is -2.91. The number of carboxylic acid groups (broad SMARTS) is 3. The smallest absolute Gasteiger partial charge is 0.312 e. The van der Waals surface area contributed by atoms with Crippen molar-refractivity contribution in [2.24, 2.45) is 61.1 Å². The minimum absolute atomic E-state index is 0.000977. The maximum Gasteiger partial charge on any atom is 0.312 e. The number of esters is 2. The number of rotatable bonds is 10. The molecule has 0 bridgehead atoms. The highest BCUT2D eigenvalue weighted by Gasteiger charge is 2.70. The Labute approximate surface area is 309 Å². The van der Waals surface area contributed by atoms with Gasteiger partial charge in [0.25, 0.3) is 0 Å². The summed E-state index contributed by atoms with van der Waals surface area (Å²) < 4.78 is 12.3. The molecule has 0 spiro atoms. The molecular formula is C42H64O10. The molecule has 0 aromatic carbocycles. The average Bonchev–Trinajstić information content (AvgIpc) is 3.00. The van der Waals surface area contributed by atoms with Crippen LogP contribution in [-0.4, -0.2) is 57.9 Å². The molecule has 9 atom stereocenters. The number of fused-ring (bicyclic) bond motifs is 7. The lowest BCUT2D eigenvalue weighted by Crippen LogP contribution is -2.66. The molecule has 10 heteroatoms. The molecular weight excluding hydrogens is 664 g/mol. The summed E-state index contributed by atoms with van der Waals surface area (Å²) in [5.41, 5.74) is -3.23. The van der Waals surface area contributed by atoms with E-state index >= 15 is 0 Å². The normalized spacial score (nSPS) is 39.7. The van der Waals surface area contributed by atoms with Crippen LogP contribution in [0.1, 0.15) is 146 Å². The Morgan fingerprint density at radius 3 is 1.90 bits per heavy atom. The SMILES string of the molecule is CC1(C)CC[C@]2(C(=O)O)CC[C@]3(C)C(=CC[C@@H]4[C@@]5(C)CC[C@H](OC(=O)C(C)(C)CC(=O)O)C(C)(COC(=O)C(C)(C)CC(=O)O)[C@@H]5CC[C@]43C)[C@@H]2C1. The van der Waals surface area contributed by atoms with Crippen LogP contribution >= 0.6 is 0 Å². The van der Waals surface area contributed by atoms with E-state index in [0.717, 1.165) is 44.9 Å². The van der Waals surface area contributed by atoms with E-state index in [2.05, 4.69) is 40.7 Å². The Balaban J connectivity index is 1.53. The van der Waals surface area contributed by atoms with Gasteiger partial charge in [-0.2, -0.15) is 0 Å². The molecule has 3 N–H and O–H groups in total. The molecule has 0 saturated heterocycles. The topological polar surface area (TPSA) is 164 Å². The van der Waals surface area contributed by atoms with Crippen LogP contribution in [0.15, 0.2) is 11.6 Å². The summed E-state index contributed by atoms with van der Waals surface area (Å²) in [7, 11) is 0. The van der Waals surface area contributed by atoms with E-state index in [1.165, 1.54) is 5.57 Å². The fraction of sp³-hybridized carbons (Fsp3) is 0.833. The largest absolute Gasteiger partial charge is 0.481 e. The highest BCUT2D eigenvalue weighted by atomic mass is 16.6. The minimum Gasteiger partial charge on any atom is -0.481 e. The fourth-order valence-electron chi connectivity index (χ4n) is 12.4. The van der Waals surface area contributed by atoms with E-state index in [0.29, 0.717) is 19.3 Å². The molecule has 0 radical (unpaired) electrons. The molecule has 0 amide bonds. The maximum absolute atomic E-state index is 13.6. The summed E-state index contributed by atoms with van der Waals surface area (Å²) >= 11 is 0. The van der Waals surface area contributed by atoms with Gasteiger partial charge in [0.2, 0.25) is 0 Å². The van der Waals surface area contributed by atoms with Gasteiger partial charge in [0, 0.05) is 5.41 Å². The number of carbonyl (C=O) groups excluding carboxylic acids is 2. The van der Waals surface area contributed by atoms with Crippen LogP contribution in [0.25, 0.3) is 0 Å². The zero-order valence-corrected chi connectivity index (χ0v) is 33.3. The zero-order chi connectivity index (χ0) is 39.1. The van der Waals surface area contributed by atoms with E-state index in [-0.39, 0.29) is 58.9 Å². The van der Waals surface area contributed by atoms with Crippen molar-refractivity contribution in [3.05, 3.63) is 11.6 Å². The lowest BCUT2D eigenvalue weighted by atomic mass is 9.33. The number of carbonyl (C=O) groups is 5. The van der Waals surface area contributed by atoms with Gasteiger partial charge in [0.05, 0.1) is 29.1 Å². The van der Waals surface area contributed by atoms with Gasteiger partial charge in [-0.05, 0) is 131 Å². The van der Waals surface area contributed by atoms with E-state index < -0.39 is 57.6 Å². The van der Waals surface area contributed by atoms with Crippen molar-refractivity contribution in [3.63, 3.8) is 0 Å². The highest BCUT2D eigenvalue weighted by Crippen LogP contribution is 2.76. The third-order valence-electron chi connectivity index (χ3n) is 15.9. The molecule has 0 aliphatic heterocycles. The first-order chi connectivity index (χ1) is 23.7. The van der Waals surface area contributed by atoms with Gasteiger partial charge in [-0.1, -0.05) is 53.2 Å². The Morgan fingerprint density at radius 2 is 1.33 bits per heavy atom. The molecule has 5 rings (SSSR count). The maximum atomic E-state index is 13.6. The minimum atomic E-state index is -1.27. The number of ether oxygens (including phenoxy) is 2. The van der Waals surface area contributed by atoms with Crippen molar-refractivity contribution in [3.8, 4) is 0 Å². The Kier molecular flexibility index (Phi) is 9.96. The summed E-state index contributed by atoms with van der Waals surface area (Å²) in [4.78, 5) is 63.3. The summed E-state index contributed by atoms with van der Waals surface area (Å²) in [6.07, 6.45) is 8.72. The van der Waals surface area contributed by atoms with Crippen LogP contribution in [0.4, 0.5) is 0 Å². The predicted octanol–water partition coefficient (Wildman–Crippen LogP) is 8.31. The van der Waals surface area contributed by atoms with Gasteiger partial charge in [-0.25, -0.2) is 0 Å². The molecule has 4 fully saturated rings. The number of aliphatic carboxylic acids is 3. The van der Waals surface area contributed by atoms with Crippen LogP contribution in [-0.2, 0) is 33.4 Å². The molecule has 4 saturated carbocycles. The first-order valence-electron chi connectivity index (χ1n) is 19.5. The number of hydrogen-bond donors (Lipinski definition) is 3. The average molecular weight is 729 g/mol. The van der Waals surface area contributed by atoms with Crippen LogP contribution in [0.2, 0.25) is 0 Å². The first kappa shape index (κ1) is 40.3. The van der Waals surface area contributed by atoms with Crippen molar-refractivity contribution in [2.75, 3.05) is 6.61 Å². The number of hydrogen-bond acceptors (Lipinski definition) is 7. The Bertz CT molecular complexity index is 1540. The van der Waals surface area contributed by atoms with Crippen molar-refractivity contribution < 1.29 is 48.8 Å². The zero-order valence-electron chi connectivity index (χ0n) is 33.3. The van der Waals surface area contributed by atoms with Crippen molar-refractivity contribution in [2.45, 2.75) is 152 Å². The molecule has 52 heavy (non-hydrogen) atoms. The Morgan fingerprint density at radius 1 is 0.750 bits per heavy atom. The third kappa shape index (κ3) is 6.29. The van der Waals surface area contributed by atoms with Crippen LogP contribution in [0, 0.1) is 61.1 Å². The third-order valence-corrected chi connectivity index (χ3v) is 15.9. The standard InChI is InChI=1S/C42H64O10/c1-35(2)17-19-42(32(47)48)20-18-40(9)25(26(42)21-35)11-12-28-38(7)15-14-29(52-34(50)37(5,6)23-31(45)46)39(8,27(38)13-16-41(28,40)10)24-51-33(49)36(3,4)22-30(43)44/h11,26-29H,12-24H2,1-10H3,(H,43,44)(H,45,46)(H,47,48)/t26-,27+,28+,29-,38-,39?,40+,41+,42-/m0/s1. The molecule has 0 aromatic heterocycles. The van der Waals surface area contributed by atoms with Crippen LogP contribution < -0.4 is 0 Å². The first-order valence-corrected chi connectivity index (χ1v) is 19.5. The van der Waals surface area contributed by atoms with Gasteiger partial charge in [0.1, 0.15) is 12.7 Å². The summed E-state index contributed by atoms with van der Waals surface area (Å²) in [6, 6.07) is 0. The summed E-state index contributed by atoms with van der Waals surface area (Å²) in [5, 5.41) is 29.7. The van der Waals surface area contributed by atoms with Crippen molar-refractivity contribution in [1.29, 1.82) is 0 Å². The summed E-state index contributed by atoms with van der Waals surface area (Å²) in [5.74, 6) is -3.88. The lowest BCUT2D eigenvalue weighted by molar-refractivity contribution is -0.231. The second-order valence-corrected chi connectivity index (χ2v) is 20.6. The van der Waals surface area contributed by atoms with Crippen molar-refractivity contribution in [1.82, 2.24) is 0 Å². The highest BCUT2D eigenvalue weighted by molar-refractivity contribution is 5.83. The van der Waals surface area contributed by atoms with E-state index in [4.69, 9.17) is 9.47 Å². The second-order valence-electron chi connectivity index (χ2n) is 20.6. The van der Waals surface area contributed by atoms with Gasteiger partial charge < -0.3 is 24.8 Å². The van der Waals surface area contributed by atoms with E-state index in [1.54, 1.807) is 27.7 Å². The molecule has 0 heterocycles. The number of allylic oxidation sites excluding steroid dienone is 2. The fourth-order valence-corrected chi connectivity index (χ4v) is 12.4. The number of carboxylic acids is 3.